The maximum absolute atomic E-state index is 11.6. The van der Waals surface area contributed by atoms with E-state index in [-0.39, 0.29) is 17.0 Å². The number of nitrogens with one attached hydrogen (secondary N) is 1. The van der Waals surface area contributed by atoms with Crippen molar-refractivity contribution in [2.75, 3.05) is 0 Å². The molecule has 1 fully saturated rings. The van der Waals surface area contributed by atoms with Crippen molar-refractivity contribution in [3.05, 3.63) is 23.7 Å². The molecule has 0 aliphatic heterocycles. The molecule has 1 atom stereocenters. The number of carbonyl (C=O) groups is 1. The van der Waals surface area contributed by atoms with Crippen molar-refractivity contribution in [2.24, 2.45) is 0 Å². The second-order valence-corrected chi connectivity index (χ2v) is 4.84. The zero-order valence-electron chi connectivity index (χ0n) is 10.5. The number of rotatable bonds is 5. The largest absolute Gasteiger partial charge is 0.627 e. The number of nitrogens with zero attached hydrogens (tertiary/aromatic N) is 4. The number of fused-ring (bicyclic) bond motifs is 1. The summed E-state index contributed by atoms with van der Waals surface area (Å²) in [6.45, 7) is 0.588. The molecule has 0 spiro atoms. The number of hydrogen-bond acceptors (Lipinski definition) is 5. The Morgan fingerprint density at radius 2 is 2.37 bits per heavy atom. The molecule has 7 heteroatoms. The first-order valence-electron chi connectivity index (χ1n) is 6.46. The van der Waals surface area contributed by atoms with Gasteiger partial charge >= 0.3 is 5.91 Å². The van der Waals surface area contributed by atoms with Crippen LogP contribution in [0, 0.1) is 5.21 Å². The Bertz CT molecular complexity index is 593. The second-order valence-electron chi connectivity index (χ2n) is 4.84. The molecule has 1 aliphatic carbocycles. The lowest BCUT2D eigenvalue weighted by atomic mass is 10.3. The molecule has 0 bridgehead atoms. The summed E-state index contributed by atoms with van der Waals surface area (Å²) < 4.78 is 1.74. The van der Waals surface area contributed by atoms with Gasteiger partial charge in [0.05, 0.1) is 24.2 Å². The first-order chi connectivity index (χ1) is 9.25. The molecule has 3 rings (SSSR count). The predicted octanol–water partition coefficient (Wildman–Crippen LogP) is -0.322. The molecule has 2 aromatic heterocycles. The van der Waals surface area contributed by atoms with Crippen molar-refractivity contribution in [1.82, 2.24) is 20.0 Å². The summed E-state index contributed by atoms with van der Waals surface area (Å²) in [4.78, 5) is 15.6. The number of amides is 1. The molecule has 0 saturated heterocycles. The van der Waals surface area contributed by atoms with Gasteiger partial charge in [-0.05, 0) is 12.5 Å². The van der Waals surface area contributed by atoms with Crippen molar-refractivity contribution in [1.29, 1.82) is 0 Å². The van der Waals surface area contributed by atoms with E-state index in [2.05, 4.69) is 15.3 Å². The second kappa shape index (κ2) is 5.02. The Balaban J connectivity index is 1.56. The number of quaternary nitrogens is 1. The van der Waals surface area contributed by atoms with Crippen LogP contribution in [0.4, 0.5) is 0 Å². The maximum atomic E-state index is 11.6. The first kappa shape index (κ1) is 12.2. The Hall–Kier alpha value is -1.86. The Morgan fingerprint density at radius 3 is 3.16 bits per heavy atom. The van der Waals surface area contributed by atoms with Gasteiger partial charge in [-0.15, -0.1) is 5.10 Å². The van der Waals surface area contributed by atoms with Crippen LogP contribution in [-0.4, -0.2) is 31.9 Å². The highest BCUT2D eigenvalue weighted by Gasteiger charge is 2.32. The molecule has 100 valence electrons. The molecule has 0 aromatic carbocycles. The monoisotopic (exact) mass is 261 g/mol. The summed E-state index contributed by atoms with van der Waals surface area (Å²) in [6, 6.07) is 1.86. The third kappa shape index (κ3) is 2.61. The van der Waals surface area contributed by atoms with Gasteiger partial charge in [0.25, 0.3) is 0 Å². The summed E-state index contributed by atoms with van der Waals surface area (Å²) in [6.07, 6.45) is 6.00. The van der Waals surface area contributed by atoms with Gasteiger partial charge in [-0.2, -0.15) is 0 Å². The standard InChI is InChI=1S/C12H15N5O2/c18-12(17(19)9-3-4-9)2-1-7-16-11-5-6-13-8-10(11)14-15-16/h5-6,8-9,17H,1-4,7H2. The third-order valence-electron chi connectivity index (χ3n) is 3.31. The van der Waals surface area contributed by atoms with Gasteiger partial charge in [0.15, 0.2) is 0 Å². The molecule has 1 N–H and O–H groups in total. The van der Waals surface area contributed by atoms with E-state index in [1.807, 2.05) is 6.07 Å². The van der Waals surface area contributed by atoms with Crippen molar-refractivity contribution in [2.45, 2.75) is 38.3 Å². The number of aromatic nitrogens is 4. The van der Waals surface area contributed by atoms with Gasteiger partial charge in [0.2, 0.25) is 0 Å². The molecular formula is C12H15N5O2. The number of hydrogen-bond donors (Lipinski definition) is 1. The zero-order valence-corrected chi connectivity index (χ0v) is 10.5. The smallest absolute Gasteiger partial charge is 0.312 e. The predicted molar refractivity (Wildman–Crippen MR) is 66.9 cm³/mol. The van der Waals surface area contributed by atoms with Crippen LogP contribution in [0.2, 0.25) is 0 Å². The van der Waals surface area contributed by atoms with Crippen LogP contribution in [0.1, 0.15) is 25.7 Å². The fourth-order valence-electron chi connectivity index (χ4n) is 2.08. The minimum Gasteiger partial charge on any atom is -0.627 e. The number of hydroxylamine groups is 2. The quantitative estimate of drug-likeness (QED) is 0.745. The SMILES string of the molecule is O=C(CCCn1nnc2cnccc21)[NH+]([O-])C1CC1. The highest BCUT2D eigenvalue weighted by atomic mass is 16.5. The van der Waals surface area contributed by atoms with Gasteiger partial charge in [0.1, 0.15) is 5.52 Å². The van der Waals surface area contributed by atoms with Crippen molar-refractivity contribution >= 4 is 16.9 Å². The molecule has 1 unspecified atom stereocenters. The molecule has 7 nitrogen and oxygen atoms in total. The fourth-order valence-corrected chi connectivity index (χ4v) is 2.08. The van der Waals surface area contributed by atoms with Gasteiger partial charge < -0.3 is 10.3 Å². The van der Waals surface area contributed by atoms with Gasteiger partial charge in [0, 0.05) is 25.6 Å². The van der Waals surface area contributed by atoms with Gasteiger partial charge in [-0.1, -0.05) is 5.21 Å². The maximum Gasteiger partial charge on any atom is 0.312 e. The van der Waals surface area contributed by atoms with Gasteiger partial charge in [-0.3, -0.25) is 4.98 Å². The summed E-state index contributed by atoms with van der Waals surface area (Å²) >= 11 is 0. The summed E-state index contributed by atoms with van der Waals surface area (Å²) in [7, 11) is 0. The lowest BCUT2D eigenvalue weighted by Crippen LogP contribution is -3.11. The molecule has 2 aromatic rings. The number of aryl methyl sites for hydroxylation is 1. The van der Waals surface area contributed by atoms with Gasteiger partial charge in [-0.25, -0.2) is 9.48 Å². The molecule has 19 heavy (non-hydrogen) atoms. The molecule has 1 amide bonds. The molecular weight excluding hydrogens is 246 g/mol. The van der Waals surface area contributed by atoms with E-state index in [9.17, 15) is 10.0 Å². The zero-order chi connectivity index (χ0) is 13.2. The van der Waals surface area contributed by atoms with Crippen LogP contribution in [0.25, 0.3) is 11.0 Å². The van der Waals surface area contributed by atoms with Crippen molar-refractivity contribution in [3.8, 4) is 0 Å². The van der Waals surface area contributed by atoms with Crippen LogP contribution in [0.15, 0.2) is 18.5 Å². The first-order valence-corrected chi connectivity index (χ1v) is 6.46. The average Bonchev–Trinajstić information content (AvgIpc) is 3.20. The van der Waals surface area contributed by atoms with E-state index in [0.29, 0.717) is 19.4 Å². The molecule has 1 saturated carbocycles. The number of pyridine rings is 1. The Kier molecular flexibility index (Phi) is 3.22. The molecule has 0 radical (unpaired) electrons. The van der Waals surface area contributed by atoms with Crippen molar-refractivity contribution < 1.29 is 9.86 Å². The fraction of sp³-hybridized carbons (Fsp3) is 0.500. The summed E-state index contributed by atoms with van der Waals surface area (Å²) in [5.41, 5.74) is 1.64. The highest BCUT2D eigenvalue weighted by Crippen LogP contribution is 2.15. The average molecular weight is 261 g/mol. The molecule has 1 aliphatic rings. The van der Waals surface area contributed by atoms with Crippen LogP contribution in [0.5, 0.6) is 0 Å². The van der Waals surface area contributed by atoms with Crippen LogP contribution in [-0.2, 0) is 11.3 Å². The van der Waals surface area contributed by atoms with E-state index in [0.717, 1.165) is 23.9 Å². The van der Waals surface area contributed by atoms with E-state index >= 15 is 0 Å². The normalized spacial score (nSPS) is 16.7. The van der Waals surface area contributed by atoms with E-state index in [1.165, 1.54) is 0 Å². The van der Waals surface area contributed by atoms with E-state index in [1.54, 1.807) is 17.1 Å². The topological polar surface area (TPSA) is 88.2 Å². The Morgan fingerprint density at radius 1 is 1.53 bits per heavy atom. The third-order valence-corrected chi connectivity index (χ3v) is 3.31. The van der Waals surface area contributed by atoms with E-state index < -0.39 is 0 Å². The van der Waals surface area contributed by atoms with Crippen LogP contribution in [0.3, 0.4) is 0 Å². The minimum atomic E-state index is -0.242. The molecule has 2 heterocycles. The summed E-state index contributed by atoms with van der Waals surface area (Å²) in [5, 5.41) is 19.3. The van der Waals surface area contributed by atoms with Crippen molar-refractivity contribution in [3.63, 3.8) is 0 Å². The minimum absolute atomic E-state index is 0.0192. The lowest BCUT2D eigenvalue weighted by molar-refractivity contribution is -0.777. The van der Waals surface area contributed by atoms with Crippen LogP contribution < -0.4 is 5.06 Å². The lowest BCUT2D eigenvalue weighted by Gasteiger charge is -2.18. The highest BCUT2D eigenvalue weighted by molar-refractivity contribution is 5.72. The van der Waals surface area contributed by atoms with Crippen LogP contribution >= 0.6 is 0 Å². The summed E-state index contributed by atoms with van der Waals surface area (Å²) in [5.74, 6) is -0.242. The van der Waals surface area contributed by atoms with E-state index in [4.69, 9.17) is 0 Å². The number of carbonyl (C=O) groups excluding carboxylic acids is 1. The Labute approximate surface area is 109 Å².